The van der Waals surface area contributed by atoms with Crippen molar-refractivity contribution >= 4 is 0 Å². The van der Waals surface area contributed by atoms with E-state index in [1.807, 2.05) is 52.0 Å². The van der Waals surface area contributed by atoms with E-state index < -0.39 is 0 Å². The van der Waals surface area contributed by atoms with E-state index in [0.29, 0.717) is 0 Å². The van der Waals surface area contributed by atoms with Crippen molar-refractivity contribution in [3.05, 3.63) is 137 Å². The molecule has 0 amide bonds. The van der Waals surface area contributed by atoms with Crippen LogP contribution in [0, 0.1) is 27.7 Å². The summed E-state index contributed by atoms with van der Waals surface area (Å²) < 4.78 is 0. The van der Waals surface area contributed by atoms with Crippen LogP contribution in [-0.4, -0.2) is 19.9 Å². The molecule has 8 heteroatoms. The highest BCUT2D eigenvalue weighted by Crippen LogP contribution is 1.83. The Labute approximate surface area is 185 Å². The van der Waals surface area contributed by atoms with E-state index in [1.54, 1.807) is 24.3 Å². The molecule has 4 N–H and O–H groups in total. The Balaban J connectivity index is 0.000000213. The molecule has 0 fully saturated rings. The summed E-state index contributed by atoms with van der Waals surface area (Å²) >= 11 is 0. The third-order valence-corrected chi connectivity index (χ3v) is 3.66. The molecule has 4 aromatic rings. The quantitative estimate of drug-likeness (QED) is 0.337. The number of aryl methyl sites for hydroxylation is 4. The zero-order valence-corrected chi connectivity index (χ0v) is 18.6. The summed E-state index contributed by atoms with van der Waals surface area (Å²) in [7, 11) is 0. The summed E-state index contributed by atoms with van der Waals surface area (Å²) in [5.41, 5.74) is 3.45. The molecule has 0 bridgehead atoms. The third-order valence-electron chi connectivity index (χ3n) is 3.66. The molecule has 8 nitrogen and oxygen atoms in total. The second kappa shape index (κ2) is 13.9. The van der Waals surface area contributed by atoms with Gasteiger partial charge in [-0.05, 0) is 52.0 Å². The van der Waals surface area contributed by atoms with Crippen molar-refractivity contribution in [2.75, 3.05) is 0 Å². The Bertz CT molecular complexity index is 1110. The minimum atomic E-state index is -0.0370. The zero-order chi connectivity index (χ0) is 23.9. The van der Waals surface area contributed by atoms with Gasteiger partial charge in [-0.3, -0.25) is 19.2 Å². The number of nitrogens with one attached hydrogen (secondary N) is 4. The second-order valence-electron chi connectivity index (χ2n) is 6.79. The predicted octanol–water partition coefficient (Wildman–Crippen LogP) is 2.73. The average molecular weight is 437 g/mol. The van der Waals surface area contributed by atoms with Gasteiger partial charge in [-0.2, -0.15) is 0 Å². The lowest BCUT2D eigenvalue weighted by Gasteiger charge is -1.84. The molecule has 0 aromatic carbocycles. The van der Waals surface area contributed by atoms with Crippen LogP contribution in [0.25, 0.3) is 0 Å². The van der Waals surface area contributed by atoms with Gasteiger partial charge in [0.05, 0.1) is 0 Å². The molecule has 168 valence electrons. The first kappa shape index (κ1) is 25.8. The highest BCUT2D eigenvalue weighted by Gasteiger charge is 1.81. The smallest absolute Gasteiger partial charge is 0.248 e. The lowest BCUT2D eigenvalue weighted by Crippen LogP contribution is -2.02. The summed E-state index contributed by atoms with van der Waals surface area (Å²) in [6.45, 7) is 7.39. The lowest BCUT2D eigenvalue weighted by molar-refractivity contribution is 1.14. The number of aromatic amines is 4. The third kappa shape index (κ3) is 12.4. The Morgan fingerprint density at radius 3 is 0.656 bits per heavy atom. The maximum atomic E-state index is 10.4. The van der Waals surface area contributed by atoms with Crippen LogP contribution in [0.3, 0.4) is 0 Å². The normalized spacial score (nSPS) is 9.12. The minimum absolute atomic E-state index is 0.0370. The minimum Gasteiger partial charge on any atom is -0.327 e. The van der Waals surface area contributed by atoms with Gasteiger partial charge >= 0.3 is 0 Å². The number of pyridine rings is 4. The molecule has 0 spiro atoms. The number of hydrogen-bond acceptors (Lipinski definition) is 4. The van der Waals surface area contributed by atoms with E-state index in [0.717, 1.165) is 22.8 Å². The Morgan fingerprint density at radius 1 is 0.375 bits per heavy atom. The maximum absolute atomic E-state index is 10.4. The van der Waals surface area contributed by atoms with E-state index in [9.17, 15) is 19.2 Å². The van der Waals surface area contributed by atoms with Crippen LogP contribution in [-0.2, 0) is 0 Å². The summed E-state index contributed by atoms with van der Waals surface area (Å²) in [6.07, 6.45) is 0. The van der Waals surface area contributed by atoms with Gasteiger partial charge in [0.1, 0.15) is 0 Å². The summed E-state index contributed by atoms with van der Waals surface area (Å²) in [5.74, 6) is 0. The van der Waals surface area contributed by atoms with Crippen molar-refractivity contribution in [2.45, 2.75) is 27.7 Å². The molecule has 32 heavy (non-hydrogen) atoms. The number of aromatic nitrogens is 4. The molecule has 4 rings (SSSR count). The highest BCUT2D eigenvalue weighted by molar-refractivity contribution is 5.02. The van der Waals surface area contributed by atoms with Crippen LogP contribution in [0.2, 0.25) is 0 Å². The molecule has 0 aliphatic rings. The molecule has 4 aromatic heterocycles. The van der Waals surface area contributed by atoms with Gasteiger partial charge in [0.2, 0.25) is 22.2 Å². The van der Waals surface area contributed by atoms with Gasteiger partial charge < -0.3 is 19.9 Å². The van der Waals surface area contributed by atoms with E-state index in [2.05, 4.69) is 19.9 Å². The molecule has 0 saturated heterocycles. The number of rotatable bonds is 0. The van der Waals surface area contributed by atoms with Gasteiger partial charge in [-0.1, -0.05) is 24.3 Å². The molecule has 0 aliphatic heterocycles. The van der Waals surface area contributed by atoms with Gasteiger partial charge in [0.25, 0.3) is 0 Å². The molecule has 0 unspecified atom stereocenters. The molecule has 0 saturated carbocycles. The van der Waals surface area contributed by atoms with Crippen LogP contribution in [0.4, 0.5) is 0 Å². The predicted molar refractivity (Wildman–Crippen MR) is 127 cm³/mol. The van der Waals surface area contributed by atoms with Crippen LogP contribution >= 0.6 is 0 Å². The largest absolute Gasteiger partial charge is 0.327 e. The van der Waals surface area contributed by atoms with Crippen LogP contribution < -0.4 is 22.2 Å². The van der Waals surface area contributed by atoms with Crippen LogP contribution in [0.1, 0.15) is 22.8 Å². The average Bonchev–Trinajstić information content (AvgIpc) is 2.69. The standard InChI is InChI=1S/4C6H7NO/c4*1-5-3-2-4-6(8)7-5/h4*2-4H,1H3,(H,7,8). The van der Waals surface area contributed by atoms with Crippen molar-refractivity contribution < 1.29 is 0 Å². The topological polar surface area (TPSA) is 131 Å². The first-order valence-corrected chi connectivity index (χ1v) is 9.79. The summed E-state index contributed by atoms with van der Waals surface area (Å²) in [4.78, 5) is 52.2. The fourth-order valence-corrected chi connectivity index (χ4v) is 2.23. The fourth-order valence-electron chi connectivity index (χ4n) is 2.23. The molecule has 0 aliphatic carbocycles. The zero-order valence-electron chi connectivity index (χ0n) is 18.6. The van der Waals surface area contributed by atoms with Crippen LogP contribution in [0.5, 0.6) is 0 Å². The fraction of sp³-hybridized carbons (Fsp3) is 0.167. The van der Waals surface area contributed by atoms with Gasteiger partial charge in [-0.25, -0.2) is 0 Å². The lowest BCUT2D eigenvalue weighted by atomic mass is 10.4. The molecular formula is C24H28N4O4. The van der Waals surface area contributed by atoms with E-state index in [1.165, 1.54) is 24.3 Å². The first-order valence-electron chi connectivity index (χ1n) is 9.79. The van der Waals surface area contributed by atoms with Crippen molar-refractivity contribution in [1.29, 1.82) is 0 Å². The number of H-pyrrole nitrogens is 4. The molecule has 4 heterocycles. The summed E-state index contributed by atoms with van der Waals surface area (Å²) in [5, 5.41) is 0. The Hall–Kier alpha value is -4.20. The maximum Gasteiger partial charge on any atom is 0.248 e. The first-order chi connectivity index (χ1) is 15.2. The molecule has 0 atom stereocenters. The van der Waals surface area contributed by atoms with Gasteiger partial charge in [-0.15, -0.1) is 0 Å². The Morgan fingerprint density at radius 2 is 0.562 bits per heavy atom. The Kier molecular flexibility index (Phi) is 11.2. The van der Waals surface area contributed by atoms with E-state index in [4.69, 9.17) is 0 Å². The molecular weight excluding hydrogens is 408 g/mol. The van der Waals surface area contributed by atoms with E-state index in [-0.39, 0.29) is 22.2 Å². The second-order valence-corrected chi connectivity index (χ2v) is 6.79. The van der Waals surface area contributed by atoms with Gasteiger partial charge in [0, 0.05) is 47.0 Å². The monoisotopic (exact) mass is 436 g/mol. The highest BCUT2D eigenvalue weighted by atomic mass is 16.1. The van der Waals surface area contributed by atoms with Crippen molar-refractivity contribution in [3.63, 3.8) is 0 Å². The van der Waals surface area contributed by atoms with Gasteiger partial charge in [0.15, 0.2) is 0 Å². The molecule has 0 radical (unpaired) electrons. The van der Waals surface area contributed by atoms with Crippen molar-refractivity contribution in [2.24, 2.45) is 0 Å². The number of hydrogen-bond donors (Lipinski definition) is 4. The van der Waals surface area contributed by atoms with E-state index >= 15 is 0 Å². The van der Waals surface area contributed by atoms with Crippen molar-refractivity contribution in [1.82, 2.24) is 19.9 Å². The SMILES string of the molecule is Cc1cccc(=O)[nH]1.Cc1cccc(=O)[nH]1.Cc1cccc(=O)[nH]1.Cc1cccc(=O)[nH]1. The summed E-state index contributed by atoms with van der Waals surface area (Å²) in [6, 6.07) is 20.3. The van der Waals surface area contributed by atoms with Crippen molar-refractivity contribution in [3.8, 4) is 0 Å². The van der Waals surface area contributed by atoms with Crippen LogP contribution in [0.15, 0.2) is 92.0 Å².